The minimum atomic E-state index is 0.261. The summed E-state index contributed by atoms with van der Waals surface area (Å²) < 4.78 is 0. The molecule has 0 amide bonds. The van der Waals surface area contributed by atoms with Crippen LogP contribution in [-0.4, -0.2) is 49.1 Å². The highest BCUT2D eigenvalue weighted by molar-refractivity contribution is 7.99. The second-order valence-electron chi connectivity index (χ2n) is 4.08. The first kappa shape index (κ1) is 13.3. The first-order chi connectivity index (χ1) is 6.00. The molecule has 0 heterocycles. The molecule has 0 fully saturated rings. The molecule has 0 radical (unpaired) electrons. The fourth-order valence-corrected chi connectivity index (χ4v) is 1.42. The maximum absolute atomic E-state index is 3.48. The van der Waals surface area contributed by atoms with Crippen molar-refractivity contribution in [3.63, 3.8) is 0 Å². The van der Waals surface area contributed by atoms with Crippen molar-refractivity contribution < 1.29 is 0 Å². The fraction of sp³-hybridized carbons (Fsp3) is 1.00. The number of thioether (sulfide) groups is 1. The van der Waals surface area contributed by atoms with Gasteiger partial charge in [0.1, 0.15) is 0 Å². The Hall–Kier alpha value is 0.270. The van der Waals surface area contributed by atoms with Gasteiger partial charge in [0.25, 0.3) is 0 Å². The maximum Gasteiger partial charge on any atom is 0.0271 e. The molecule has 3 heteroatoms. The lowest BCUT2D eigenvalue weighted by Gasteiger charge is -2.32. The number of rotatable bonds is 7. The van der Waals surface area contributed by atoms with Crippen LogP contribution in [0.25, 0.3) is 0 Å². The van der Waals surface area contributed by atoms with Crippen molar-refractivity contribution in [2.45, 2.75) is 26.3 Å². The van der Waals surface area contributed by atoms with Crippen LogP contribution in [0.5, 0.6) is 0 Å². The monoisotopic (exact) mass is 204 g/mol. The van der Waals surface area contributed by atoms with E-state index < -0.39 is 0 Å². The van der Waals surface area contributed by atoms with Gasteiger partial charge in [-0.3, -0.25) is 0 Å². The van der Waals surface area contributed by atoms with Crippen LogP contribution < -0.4 is 5.32 Å². The Labute approximate surface area is 87.5 Å². The number of nitrogens with one attached hydrogen (secondary N) is 1. The highest BCUT2D eigenvalue weighted by Gasteiger charge is 2.18. The number of likely N-dealkylation sites (N-methyl/N-ethyl adjacent to an activating group) is 1. The molecule has 0 aliphatic rings. The summed E-state index contributed by atoms with van der Waals surface area (Å²) in [6.07, 6.45) is 0. The van der Waals surface area contributed by atoms with Crippen LogP contribution in [0, 0.1) is 0 Å². The van der Waals surface area contributed by atoms with Gasteiger partial charge in [-0.15, -0.1) is 0 Å². The predicted octanol–water partition coefficient (Wildman–Crippen LogP) is 1.67. The van der Waals surface area contributed by atoms with Crippen LogP contribution in [0.4, 0.5) is 0 Å². The molecule has 0 saturated heterocycles. The quantitative estimate of drug-likeness (QED) is 0.635. The van der Waals surface area contributed by atoms with E-state index in [0.29, 0.717) is 0 Å². The van der Waals surface area contributed by atoms with Crippen LogP contribution >= 0.6 is 11.8 Å². The first-order valence-corrected chi connectivity index (χ1v) is 6.12. The van der Waals surface area contributed by atoms with E-state index in [1.807, 2.05) is 11.8 Å². The minimum absolute atomic E-state index is 0.261. The van der Waals surface area contributed by atoms with Gasteiger partial charge >= 0.3 is 0 Å². The van der Waals surface area contributed by atoms with Crippen LogP contribution in [0.1, 0.15) is 20.8 Å². The molecule has 1 N–H and O–H groups in total. The van der Waals surface area contributed by atoms with Crippen LogP contribution in [0.15, 0.2) is 0 Å². The topological polar surface area (TPSA) is 15.3 Å². The second kappa shape index (κ2) is 6.68. The van der Waals surface area contributed by atoms with Gasteiger partial charge in [0.15, 0.2) is 0 Å². The summed E-state index contributed by atoms with van der Waals surface area (Å²) in [5, 5.41) is 3.48. The lowest BCUT2D eigenvalue weighted by atomic mass is 10.0. The zero-order valence-corrected chi connectivity index (χ0v) is 10.5. The van der Waals surface area contributed by atoms with Gasteiger partial charge in [0, 0.05) is 24.4 Å². The Morgan fingerprint density at radius 3 is 2.38 bits per heavy atom. The van der Waals surface area contributed by atoms with E-state index in [-0.39, 0.29) is 5.54 Å². The SMILES string of the molecule is CCSCCNCC(C)(C)N(C)C. The Bertz CT molecular complexity index is 124. The third-order valence-electron chi connectivity index (χ3n) is 2.40. The van der Waals surface area contributed by atoms with Crippen molar-refractivity contribution in [3.05, 3.63) is 0 Å². The molecule has 0 bridgehead atoms. The Morgan fingerprint density at radius 2 is 1.92 bits per heavy atom. The minimum Gasteiger partial charge on any atom is -0.314 e. The van der Waals surface area contributed by atoms with Crippen molar-refractivity contribution in [1.82, 2.24) is 10.2 Å². The van der Waals surface area contributed by atoms with Crippen molar-refractivity contribution in [2.24, 2.45) is 0 Å². The molecule has 80 valence electrons. The molecule has 0 aliphatic heterocycles. The van der Waals surface area contributed by atoms with Gasteiger partial charge in [-0.2, -0.15) is 11.8 Å². The van der Waals surface area contributed by atoms with Crippen molar-refractivity contribution in [1.29, 1.82) is 0 Å². The van der Waals surface area contributed by atoms with Gasteiger partial charge in [-0.25, -0.2) is 0 Å². The van der Waals surface area contributed by atoms with Gasteiger partial charge in [-0.1, -0.05) is 6.92 Å². The molecule has 0 unspecified atom stereocenters. The lowest BCUT2D eigenvalue weighted by Crippen LogP contribution is -2.47. The summed E-state index contributed by atoms with van der Waals surface area (Å²) in [5.74, 6) is 2.44. The number of nitrogens with zero attached hydrogens (tertiary/aromatic N) is 1. The standard InChI is InChI=1S/C10H24N2S/c1-6-13-8-7-11-9-10(2,3)12(4)5/h11H,6-9H2,1-5H3. The molecule has 13 heavy (non-hydrogen) atoms. The van der Waals surface area contributed by atoms with Gasteiger partial charge in [-0.05, 0) is 33.7 Å². The average molecular weight is 204 g/mol. The molecule has 0 aliphatic carbocycles. The molecule has 2 nitrogen and oxygen atoms in total. The highest BCUT2D eigenvalue weighted by atomic mass is 32.2. The molecule has 0 saturated carbocycles. The fourth-order valence-electron chi connectivity index (χ4n) is 0.841. The number of hydrogen-bond donors (Lipinski definition) is 1. The van der Waals surface area contributed by atoms with E-state index in [1.165, 1.54) is 11.5 Å². The van der Waals surface area contributed by atoms with E-state index in [0.717, 1.165) is 13.1 Å². The molecule has 0 aromatic rings. The molecular weight excluding hydrogens is 180 g/mol. The zero-order valence-electron chi connectivity index (χ0n) is 9.68. The van der Waals surface area contributed by atoms with E-state index in [4.69, 9.17) is 0 Å². The van der Waals surface area contributed by atoms with E-state index in [1.54, 1.807) is 0 Å². The summed E-state index contributed by atoms with van der Waals surface area (Å²) in [4.78, 5) is 2.26. The molecule has 0 rings (SSSR count). The van der Waals surface area contributed by atoms with Gasteiger partial charge < -0.3 is 10.2 Å². The van der Waals surface area contributed by atoms with E-state index in [2.05, 4.69) is 45.1 Å². The summed E-state index contributed by atoms with van der Waals surface area (Å²) in [7, 11) is 4.25. The number of hydrogen-bond acceptors (Lipinski definition) is 3. The molecule has 0 aromatic heterocycles. The van der Waals surface area contributed by atoms with E-state index >= 15 is 0 Å². The average Bonchev–Trinajstić information content (AvgIpc) is 2.03. The molecule has 0 spiro atoms. The molecular formula is C10H24N2S. The third kappa shape index (κ3) is 6.36. The van der Waals surface area contributed by atoms with Crippen molar-refractivity contribution in [2.75, 3.05) is 38.7 Å². The Balaban J connectivity index is 3.41. The highest BCUT2D eigenvalue weighted by Crippen LogP contribution is 2.07. The van der Waals surface area contributed by atoms with Crippen LogP contribution in [-0.2, 0) is 0 Å². The predicted molar refractivity (Wildman–Crippen MR) is 63.6 cm³/mol. The molecule has 0 atom stereocenters. The van der Waals surface area contributed by atoms with Gasteiger partial charge in [0.05, 0.1) is 0 Å². The lowest BCUT2D eigenvalue weighted by molar-refractivity contribution is 0.191. The van der Waals surface area contributed by atoms with Crippen molar-refractivity contribution in [3.8, 4) is 0 Å². The summed E-state index contributed by atoms with van der Waals surface area (Å²) in [6, 6.07) is 0. The van der Waals surface area contributed by atoms with Crippen LogP contribution in [0.3, 0.4) is 0 Å². The normalized spacial score (nSPS) is 12.5. The Morgan fingerprint density at radius 1 is 1.31 bits per heavy atom. The summed E-state index contributed by atoms with van der Waals surface area (Å²) in [5.41, 5.74) is 0.261. The molecule has 0 aromatic carbocycles. The third-order valence-corrected chi connectivity index (χ3v) is 3.30. The summed E-state index contributed by atoms with van der Waals surface area (Å²) in [6.45, 7) is 8.90. The first-order valence-electron chi connectivity index (χ1n) is 4.96. The van der Waals surface area contributed by atoms with Crippen LogP contribution in [0.2, 0.25) is 0 Å². The Kier molecular flexibility index (Phi) is 6.82. The second-order valence-corrected chi connectivity index (χ2v) is 5.47. The largest absolute Gasteiger partial charge is 0.314 e. The maximum atomic E-state index is 3.48. The van der Waals surface area contributed by atoms with Crippen molar-refractivity contribution >= 4 is 11.8 Å². The van der Waals surface area contributed by atoms with E-state index in [9.17, 15) is 0 Å². The smallest absolute Gasteiger partial charge is 0.0271 e. The van der Waals surface area contributed by atoms with Gasteiger partial charge in [0.2, 0.25) is 0 Å². The summed E-state index contributed by atoms with van der Waals surface area (Å²) >= 11 is 1.99. The zero-order chi connectivity index (χ0) is 10.3.